The van der Waals surface area contributed by atoms with E-state index in [9.17, 15) is 18.0 Å². The average molecular weight is 289 g/mol. The number of halogens is 3. The molecule has 0 aliphatic rings. The van der Waals surface area contributed by atoms with Crippen molar-refractivity contribution in [3.63, 3.8) is 0 Å². The van der Waals surface area contributed by atoms with Gasteiger partial charge in [0.1, 0.15) is 17.4 Å². The van der Waals surface area contributed by atoms with Crippen LogP contribution in [0.15, 0.2) is 12.1 Å². The lowest BCUT2D eigenvalue weighted by atomic mass is 10.1. The molecule has 8 heteroatoms. The van der Waals surface area contributed by atoms with Crippen LogP contribution in [0.4, 0.5) is 13.2 Å². The van der Waals surface area contributed by atoms with E-state index in [1.54, 1.807) is 6.92 Å². The predicted molar refractivity (Wildman–Crippen MR) is 60.3 cm³/mol. The Balaban J connectivity index is 3.35. The van der Waals surface area contributed by atoms with E-state index in [4.69, 9.17) is 10.00 Å². The van der Waals surface area contributed by atoms with Gasteiger partial charge in [0.2, 0.25) is 0 Å². The number of esters is 1. The smallest absolute Gasteiger partial charge is 0.495 e. The Labute approximate surface area is 112 Å². The van der Waals surface area contributed by atoms with Crippen molar-refractivity contribution in [3.05, 3.63) is 23.3 Å². The number of carbonyl (C=O) groups is 1. The lowest BCUT2D eigenvalue weighted by Crippen LogP contribution is -2.18. The number of methoxy groups -OCH3 is 1. The molecule has 0 aliphatic heterocycles. The van der Waals surface area contributed by atoms with E-state index < -0.39 is 23.6 Å². The van der Waals surface area contributed by atoms with Crippen molar-refractivity contribution in [1.29, 1.82) is 5.26 Å². The van der Waals surface area contributed by atoms with Crippen LogP contribution in [0.2, 0.25) is 0 Å². The Kier molecular flexibility index (Phi) is 4.80. The van der Waals surface area contributed by atoms with Crippen molar-refractivity contribution in [3.8, 4) is 17.6 Å². The fourth-order valence-electron chi connectivity index (χ4n) is 1.40. The molecule has 0 aromatic heterocycles. The Bertz CT molecular complexity index is 549. The molecule has 0 N–H and O–H groups in total. The third-order valence-electron chi connectivity index (χ3n) is 2.13. The highest BCUT2D eigenvalue weighted by Crippen LogP contribution is 2.33. The topological polar surface area (TPSA) is 68.5 Å². The van der Waals surface area contributed by atoms with E-state index in [0.29, 0.717) is 0 Å². The van der Waals surface area contributed by atoms with Crippen LogP contribution in [-0.4, -0.2) is 26.0 Å². The number of hydrogen-bond donors (Lipinski definition) is 0. The minimum absolute atomic E-state index is 0.0522. The number of alkyl halides is 3. The molecular weight excluding hydrogens is 279 g/mol. The standard InChI is InChI=1S/C12H10F3NO4/c1-3-19-11(17)7-4-9(18-2)8(6-16)10(5-7)20-12(13,14)15/h4-5H,3H2,1-2H3. The van der Waals surface area contributed by atoms with E-state index in [0.717, 1.165) is 19.2 Å². The molecule has 108 valence electrons. The van der Waals surface area contributed by atoms with E-state index in [1.807, 2.05) is 0 Å². The van der Waals surface area contributed by atoms with Crippen molar-refractivity contribution < 1.29 is 32.2 Å². The Morgan fingerprint density at radius 2 is 1.95 bits per heavy atom. The summed E-state index contributed by atoms with van der Waals surface area (Å²) in [5, 5.41) is 8.87. The number of nitrogens with zero attached hydrogens (tertiary/aromatic N) is 1. The Morgan fingerprint density at radius 3 is 2.40 bits per heavy atom. The second-order valence-electron chi connectivity index (χ2n) is 3.43. The van der Waals surface area contributed by atoms with E-state index in [-0.39, 0.29) is 17.9 Å². The molecule has 0 spiro atoms. The molecule has 1 aromatic rings. The van der Waals surface area contributed by atoms with Crippen molar-refractivity contribution in [2.24, 2.45) is 0 Å². The summed E-state index contributed by atoms with van der Waals surface area (Å²) in [5.41, 5.74) is -0.667. The SMILES string of the molecule is CCOC(=O)c1cc(OC)c(C#N)c(OC(F)(F)F)c1. The largest absolute Gasteiger partial charge is 0.573 e. The van der Waals surface area contributed by atoms with Crippen LogP contribution in [0, 0.1) is 11.3 Å². The Morgan fingerprint density at radius 1 is 1.35 bits per heavy atom. The molecule has 1 aromatic carbocycles. The molecule has 0 bridgehead atoms. The third kappa shape index (κ3) is 3.78. The summed E-state index contributed by atoms with van der Waals surface area (Å²) in [6.07, 6.45) is -5.00. The van der Waals surface area contributed by atoms with Crippen LogP contribution in [0.3, 0.4) is 0 Å². The van der Waals surface area contributed by atoms with Gasteiger partial charge in [-0.2, -0.15) is 5.26 Å². The van der Waals surface area contributed by atoms with Crippen LogP contribution in [0.5, 0.6) is 11.5 Å². The van der Waals surface area contributed by atoms with Crippen LogP contribution < -0.4 is 9.47 Å². The Hall–Kier alpha value is -2.43. The number of nitriles is 1. The normalized spacial score (nSPS) is 10.6. The molecule has 1 rings (SSSR count). The highest BCUT2D eigenvalue weighted by molar-refractivity contribution is 5.91. The fraction of sp³-hybridized carbons (Fsp3) is 0.333. The summed E-state index contributed by atoms with van der Waals surface area (Å²) >= 11 is 0. The summed E-state index contributed by atoms with van der Waals surface area (Å²) in [4.78, 5) is 11.5. The molecule has 0 heterocycles. The van der Waals surface area contributed by atoms with Crippen LogP contribution in [0.1, 0.15) is 22.8 Å². The quantitative estimate of drug-likeness (QED) is 0.797. The number of ether oxygens (including phenoxy) is 3. The van der Waals surface area contributed by atoms with Gasteiger partial charge in [0.15, 0.2) is 5.75 Å². The summed E-state index contributed by atoms with van der Waals surface area (Å²) in [7, 11) is 1.16. The van der Waals surface area contributed by atoms with Crippen molar-refractivity contribution in [2.45, 2.75) is 13.3 Å². The predicted octanol–water partition coefficient (Wildman–Crippen LogP) is 2.64. The molecule has 0 saturated carbocycles. The third-order valence-corrected chi connectivity index (χ3v) is 2.13. The van der Waals surface area contributed by atoms with Gasteiger partial charge in [-0.1, -0.05) is 0 Å². The number of carbonyl (C=O) groups excluding carboxylic acids is 1. The average Bonchev–Trinajstić information content (AvgIpc) is 2.36. The number of rotatable bonds is 4. The minimum atomic E-state index is -5.00. The first-order valence-corrected chi connectivity index (χ1v) is 5.37. The molecular formula is C12H10F3NO4. The van der Waals surface area contributed by atoms with Crippen molar-refractivity contribution >= 4 is 5.97 Å². The monoisotopic (exact) mass is 289 g/mol. The second kappa shape index (κ2) is 6.14. The van der Waals surface area contributed by atoms with Crippen molar-refractivity contribution in [1.82, 2.24) is 0 Å². The van der Waals surface area contributed by atoms with Gasteiger partial charge in [-0.3, -0.25) is 0 Å². The summed E-state index contributed by atoms with van der Waals surface area (Å²) in [5.74, 6) is -1.87. The zero-order valence-electron chi connectivity index (χ0n) is 10.6. The maximum atomic E-state index is 12.3. The van der Waals surface area contributed by atoms with E-state index >= 15 is 0 Å². The van der Waals surface area contributed by atoms with E-state index in [2.05, 4.69) is 9.47 Å². The molecule has 0 fully saturated rings. The van der Waals surface area contributed by atoms with Gasteiger partial charge in [-0.25, -0.2) is 4.79 Å². The molecule has 0 saturated heterocycles. The van der Waals surface area contributed by atoms with Gasteiger partial charge in [0.25, 0.3) is 0 Å². The number of benzene rings is 1. The van der Waals surface area contributed by atoms with Crippen LogP contribution in [-0.2, 0) is 4.74 Å². The summed E-state index contributed by atoms with van der Waals surface area (Å²) < 4.78 is 50.0. The first-order valence-electron chi connectivity index (χ1n) is 5.37. The first-order chi connectivity index (χ1) is 9.32. The maximum absolute atomic E-state index is 12.3. The van der Waals surface area contributed by atoms with Gasteiger partial charge in [0.05, 0.1) is 19.3 Å². The first kappa shape index (κ1) is 15.6. The van der Waals surface area contributed by atoms with Crippen molar-refractivity contribution in [2.75, 3.05) is 13.7 Å². The molecule has 5 nitrogen and oxygen atoms in total. The van der Waals surface area contributed by atoms with Gasteiger partial charge in [0, 0.05) is 0 Å². The van der Waals surface area contributed by atoms with E-state index in [1.165, 1.54) is 6.07 Å². The maximum Gasteiger partial charge on any atom is 0.573 e. The van der Waals surface area contributed by atoms with Gasteiger partial charge in [-0.05, 0) is 19.1 Å². The van der Waals surface area contributed by atoms with Gasteiger partial charge >= 0.3 is 12.3 Å². The lowest BCUT2D eigenvalue weighted by Gasteiger charge is -2.14. The van der Waals surface area contributed by atoms with Gasteiger partial charge < -0.3 is 14.2 Å². The molecule has 0 aliphatic carbocycles. The molecule has 0 radical (unpaired) electrons. The fourth-order valence-corrected chi connectivity index (χ4v) is 1.40. The highest BCUT2D eigenvalue weighted by atomic mass is 19.4. The second-order valence-corrected chi connectivity index (χ2v) is 3.43. The van der Waals surface area contributed by atoms with Crippen LogP contribution >= 0.6 is 0 Å². The highest BCUT2D eigenvalue weighted by Gasteiger charge is 2.33. The summed E-state index contributed by atoms with van der Waals surface area (Å²) in [6, 6.07) is 3.43. The molecule has 0 atom stereocenters. The molecule has 0 unspecified atom stereocenters. The molecule has 20 heavy (non-hydrogen) atoms. The van der Waals surface area contributed by atoms with Gasteiger partial charge in [-0.15, -0.1) is 13.2 Å². The summed E-state index contributed by atoms with van der Waals surface area (Å²) in [6.45, 7) is 1.60. The lowest BCUT2D eigenvalue weighted by molar-refractivity contribution is -0.274. The zero-order valence-corrected chi connectivity index (χ0v) is 10.6. The zero-order chi connectivity index (χ0) is 15.3. The number of hydrogen-bond acceptors (Lipinski definition) is 5. The van der Waals surface area contributed by atoms with Crippen LogP contribution in [0.25, 0.3) is 0 Å². The minimum Gasteiger partial charge on any atom is -0.495 e. The molecule has 0 amide bonds.